The molecule has 2 atom stereocenters. The van der Waals surface area contributed by atoms with Gasteiger partial charge in [0, 0.05) is 0 Å². The highest BCUT2D eigenvalue weighted by atomic mass is 16.5. The summed E-state index contributed by atoms with van der Waals surface area (Å²) in [6.07, 6.45) is 9.54. The van der Waals surface area contributed by atoms with Crippen LogP contribution >= 0.6 is 0 Å². The van der Waals surface area contributed by atoms with E-state index in [4.69, 9.17) is 4.74 Å². The summed E-state index contributed by atoms with van der Waals surface area (Å²) in [4.78, 5) is 0. The van der Waals surface area contributed by atoms with Gasteiger partial charge in [-0.25, -0.2) is 0 Å². The first-order valence-corrected chi connectivity index (χ1v) is 8.22. The second-order valence-electron chi connectivity index (χ2n) is 6.49. The average Bonchev–Trinajstić information content (AvgIpc) is 2.99. The molecule has 2 nitrogen and oxygen atoms in total. The molecule has 0 spiro atoms. The third-order valence-electron chi connectivity index (χ3n) is 5.02. The van der Waals surface area contributed by atoms with Gasteiger partial charge in [0.1, 0.15) is 5.75 Å². The van der Waals surface area contributed by atoms with Crippen LogP contribution in [0.25, 0.3) is 0 Å². The van der Waals surface area contributed by atoms with Crippen LogP contribution in [0.15, 0.2) is 24.3 Å². The number of para-hydroxylation sites is 1. The maximum atomic E-state index is 10.3. The Morgan fingerprint density at radius 3 is 2.80 bits per heavy atom. The number of hydrogen-bond donors (Lipinski definition) is 1. The van der Waals surface area contributed by atoms with Crippen LogP contribution in [-0.2, 0) is 0 Å². The van der Waals surface area contributed by atoms with Gasteiger partial charge in [-0.1, -0.05) is 43.9 Å². The Morgan fingerprint density at radius 2 is 1.95 bits per heavy atom. The first-order valence-electron chi connectivity index (χ1n) is 8.22. The molecule has 1 fully saturated rings. The van der Waals surface area contributed by atoms with Gasteiger partial charge in [0.15, 0.2) is 0 Å². The van der Waals surface area contributed by atoms with E-state index in [0.29, 0.717) is 5.92 Å². The van der Waals surface area contributed by atoms with Crippen LogP contribution in [-0.4, -0.2) is 17.8 Å². The van der Waals surface area contributed by atoms with Crippen LogP contribution in [0.2, 0.25) is 0 Å². The lowest BCUT2D eigenvalue weighted by Gasteiger charge is -2.27. The zero-order chi connectivity index (χ0) is 13.8. The molecule has 1 aliphatic carbocycles. The topological polar surface area (TPSA) is 29.5 Å². The number of ether oxygens (including phenoxy) is 1. The van der Waals surface area contributed by atoms with Gasteiger partial charge in [-0.3, -0.25) is 0 Å². The van der Waals surface area contributed by atoms with Crippen LogP contribution in [0, 0.1) is 5.92 Å². The number of fused-ring (bicyclic) bond motifs is 1. The predicted octanol–water partition coefficient (Wildman–Crippen LogP) is 4.27. The largest absolute Gasteiger partial charge is 0.493 e. The Labute approximate surface area is 122 Å². The van der Waals surface area contributed by atoms with E-state index >= 15 is 0 Å². The zero-order valence-electron chi connectivity index (χ0n) is 12.3. The van der Waals surface area contributed by atoms with E-state index in [1.807, 2.05) is 12.1 Å². The SMILES string of the molecule is OC(CCC1CCCC1)CC1CCOc2ccccc21. The number of aliphatic hydroxyl groups is 1. The van der Waals surface area contributed by atoms with Crippen molar-refractivity contribution in [1.82, 2.24) is 0 Å². The quantitative estimate of drug-likeness (QED) is 0.868. The van der Waals surface area contributed by atoms with Crippen LogP contribution in [0.5, 0.6) is 5.75 Å². The van der Waals surface area contributed by atoms with E-state index in [9.17, 15) is 5.11 Å². The van der Waals surface area contributed by atoms with Crippen molar-refractivity contribution in [2.24, 2.45) is 5.92 Å². The molecule has 3 rings (SSSR count). The van der Waals surface area contributed by atoms with E-state index in [0.717, 1.165) is 37.5 Å². The standard InChI is InChI=1S/C18H26O2/c19-16(10-9-14-5-1-2-6-14)13-15-11-12-20-18-8-4-3-7-17(15)18/h3-4,7-8,14-16,19H,1-2,5-6,9-13H2. The van der Waals surface area contributed by atoms with Crippen molar-refractivity contribution in [1.29, 1.82) is 0 Å². The van der Waals surface area contributed by atoms with Crippen LogP contribution in [0.4, 0.5) is 0 Å². The highest BCUT2D eigenvalue weighted by Crippen LogP contribution is 2.37. The first-order chi connectivity index (χ1) is 9.83. The highest BCUT2D eigenvalue weighted by Gasteiger charge is 2.24. The molecule has 2 aliphatic rings. The minimum absolute atomic E-state index is 0.147. The smallest absolute Gasteiger partial charge is 0.122 e. The molecular weight excluding hydrogens is 248 g/mol. The Bertz CT molecular complexity index is 423. The zero-order valence-corrected chi connectivity index (χ0v) is 12.3. The molecule has 0 saturated heterocycles. The van der Waals surface area contributed by atoms with Gasteiger partial charge in [-0.15, -0.1) is 0 Å². The van der Waals surface area contributed by atoms with E-state index in [-0.39, 0.29) is 6.10 Å². The van der Waals surface area contributed by atoms with Crippen LogP contribution in [0.3, 0.4) is 0 Å². The molecular formula is C18H26O2. The van der Waals surface area contributed by atoms with Gasteiger partial charge < -0.3 is 9.84 Å². The van der Waals surface area contributed by atoms with E-state index in [1.165, 1.54) is 37.7 Å². The minimum atomic E-state index is -0.147. The van der Waals surface area contributed by atoms with Crippen LogP contribution in [0.1, 0.15) is 62.8 Å². The lowest BCUT2D eigenvalue weighted by atomic mass is 9.86. The monoisotopic (exact) mass is 274 g/mol. The number of hydrogen-bond acceptors (Lipinski definition) is 2. The molecule has 110 valence electrons. The molecule has 0 bridgehead atoms. The van der Waals surface area contributed by atoms with Crippen molar-refractivity contribution in [3.63, 3.8) is 0 Å². The number of rotatable bonds is 5. The first kappa shape index (κ1) is 13.9. The molecule has 1 aromatic carbocycles. The summed E-state index contributed by atoms with van der Waals surface area (Å²) in [7, 11) is 0. The number of benzene rings is 1. The van der Waals surface area contributed by atoms with Gasteiger partial charge in [0.05, 0.1) is 12.7 Å². The van der Waals surface area contributed by atoms with E-state index < -0.39 is 0 Å². The molecule has 1 heterocycles. The third-order valence-corrected chi connectivity index (χ3v) is 5.02. The Balaban J connectivity index is 1.52. The van der Waals surface area contributed by atoms with E-state index in [2.05, 4.69) is 12.1 Å². The number of aliphatic hydroxyl groups excluding tert-OH is 1. The third kappa shape index (κ3) is 3.35. The lowest BCUT2D eigenvalue weighted by molar-refractivity contribution is 0.127. The summed E-state index contributed by atoms with van der Waals surface area (Å²) < 4.78 is 5.69. The fourth-order valence-corrected chi connectivity index (χ4v) is 3.83. The molecule has 1 N–H and O–H groups in total. The van der Waals surface area contributed by atoms with Gasteiger partial charge in [0.2, 0.25) is 0 Å². The van der Waals surface area contributed by atoms with Crippen molar-refractivity contribution in [3.8, 4) is 5.75 Å². The average molecular weight is 274 g/mol. The maximum Gasteiger partial charge on any atom is 0.122 e. The van der Waals surface area contributed by atoms with Gasteiger partial charge in [-0.2, -0.15) is 0 Å². The predicted molar refractivity (Wildman–Crippen MR) is 81.1 cm³/mol. The fraction of sp³-hybridized carbons (Fsp3) is 0.667. The molecule has 0 aromatic heterocycles. The lowest BCUT2D eigenvalue weighted by Crippen LogP contribution is -2.19. The molecule has 20 heavy (non-hydrogen) atoms. The summed E-state index contributed by atoms with van der Waals surface area (Å²) in [6.45, 7) is 0.789. The summed E-state index contributed by atoms with van der Waals surface area (Å²) >= 11 is 0. The second-order valence-corrected chi connectivity index (χ2v) is 6.49. The van der Waals surface area contributed by atoms with E-state index in [1.54, 1.807) is 0 Å². The fourth-order valence-electron chi connectivity index (χ4n) is 3.83. The van der Waals surface area contributed by atoms with Gasteiger partial charge in [-0.05, 0) is 49.1 Å². The van der Waals surface area contributed by atoms with Gasteiger partial charge >= 0.3 is 0 Å². The molecule has 2 heteroatoms. The normalized spacial score (nSPS) is 24.1. The molecule has 1 aliphatic heterocycles. The van der Waals surface area contributed by atoms with Crippen LogP contribution < -0.4 is 4.74 Å². The Morgan fingerprint density at radius 1 is 1.15 bits per heavy atom. The Kier molecular flexibility index (Phi) is 4.62. The van der Waals surface area contributed by atoms with Crippen molar-refractivity contribution in [2.75, 3.05) is 6.61 Å². The molecule has 0 radical (unpaired) electrons. The summed E-state index contributed by atoms with van der Waals surface area (Å²) in [6, 6.07) is 8.30. The molecule has 1 saturated carbocycles. The van der Waals surface area contributed by atoms with Crippen molar-refractivity contribution in [2.45, 2.75) is 63.4 Å². The second kappa shape index (κ2) is 6.62. The summed E-state index contributed by atoms with van der Waals surface area (Å²) in [5.41, 5.74) is 1.29. The van der Waals surface area contributed by atoms with Crippen molar-refractivity contribution in [3.05, 3.63) is 29.8 Å². The summed E-state index contributed by atoms with van der Waals surface area (Å²) in [5.74, 6) is 2.37. The Hall–Kier alpha value is -1.02. The van der Waals surface area contributed by atoms with Crippen molar-refractivity contribution >= 4 is 0 Å². The molecule has 1 aromatic rings. The molecule has 2 unspecified atom stereocenters. The van der Waals surface area contributed by atoms with Crippen molar-refractivity contribution < 1.29 is 9.84 Å². The molecule has 0 amide bonds. The highest BCUT2D eigenvalue weighted by molar-refractivity contribution is 5.37. The maximum absolute atomic E-state index is 10.3. The van der Waals surface area contributed by atoms with Gasteiger partial charge in [0.25, 0.3) is 0 Å². The minimum Gasteiger partial charge on any atom is -0.493 e. The summed E-state index contributed by atoms with van der Waals surface area (Å²) in [5, 5.41) is 10.3.